The fraction of sp³-hybridized carbons (Fsp3) is 0.588. The Hall–Kier alpha value is -1.26. The molecule has 122 valence electrons. The molecule has 0 aromatic heterocycles. The summed E-state index contributed by atoms with van der Waals surface area (Å²) in [6.07, 6.45) is 3.65. The Morgan fingerprint density at radius 1 is 1.41 bits per heavy atom. The Morgan fingerprint density at radius 3 is 3.05 bits per heavy atom. The highest BCUT2D eigenvalue weighted by Crippen LogP contribution is 2.15. The summed E-state index contributed by atoms with van der Waals surface area (Å²) in [7, 11) is 0. The second-order valence-corrected chi connectivity index (χ2v) is 6.58. The number of benzene rings is 1. The Bertz CT molecular complexity index is 481. The van der Waals surface area contributed by atoms with Crippen molar-refractivity contribution < 1.29 is 4.79 Å². The lowest BCUT2D eigenvalue weighted by Crippen LogP contribution is -2.38. The summed E-state index contributed by atoms with van der Waals surface area (Å²) < 4.78 is 0. The van der Waals surface area contributed by atoms with E-state index in [0.29, 0.717) is 18.1 Å². The van der Waals surface area contributed by atoms with E-state index in [-0.39, 0.29) is 6.03 Å². The van der Waals surface area contributed by atoms with Crippen LogP contribution in [0.4, 0.5) is 4.79 Å². The second kappa shape index (κ2) is 9.01. The Balaban J connectivity index is 1.56. The minimum atomic E-state index is -0.119. The average Bonchev–Trinajstić information content (AvgIpc) is 2.50. The van der Waals surface area contributed by atoms with Crippen LogP contribution in [0.25, 0.3) is 0 Å². The smallest absolute Gasteiger partial charge is 0.315 e. The van der Waals surface area contributed by atoms with Crippen molar-refractivity contribution >= 4 is 17.6 Å². The summed E-state index contributed by atoms with van der Waals surface area (Å²) in [6, 6.07) is 7.40. The number of carbonyl (C=O) groups excluding carboxylic acids is 1. The summed E-state index contributed by atoms with van der Waals surface area (Å²) >= 11 is 5.91. The van der Waals surface area contributed by atoms with Gasteiger partial charge in [-0.1, -0.05) is 30.7 Å². The fourth-order valence-electron chi connectivity index (χ4n) is 2.89. The lowest BCUT2D eigenvalue weighted by Gasteiger charge is -2.30. The molecule has 0 radical (unpaired) electrons. The average molecular weight is 324 g/mol. The van der Waals surface area contributed by atoms with Crippen LogP contribution in [-0.4, -0.2) is 37.1 Å². The molecular weight excluding hydrogens is 298 g/mol. The lowest BCUT2D eigenvalue weighted by molar-refractivity contribution is 0.181. The van der Waals surface area contributed by atoms with Gasteiger partial charge >= 0.3 is 6.03 Å². The van der Waals surface area contributed by atoms with Crippen LogP contribution in [-0.2, 0) is 6.54 Å². The molecule has 2 amide bonds. The van der Waals surface area contributed by atoms with E-state index >= 15 is 0 Å². The number of rotatable bonds is 6. The molecule has 0 saturated carbocycles. The molecule has 0 bridgehead atoms. The fourth-order valence-corrected chi connectivity index (χ4v) is 3.10. The highest BCUT2D eigenvalue weighted by atomic mass is 35.5. The number of likely N-dealkylation sites (tertiary alicyclic amines) is 1. The molecule has 1 fully saturated rings. The Morgan fingerprint density at radius 2 is 2.27 bits per heavy atom. The van der Waals surface area contributed by atoms with Crippen molar-refractivity contribution in [3.05, 3.63) is 34.9 Å². The van der Waals surface area contributed by atoms with E-state index in [0.717, 1.165) is 24.4 Å². The molecule has 5 heteroatoms. The summed E-state index contributed by atoms with van der Waals surface area (Å²) in [5.41, 5.74) is 1.00. The number of hydrogen-bond donors (Lipinski definition) is 2. The van der Waals surface area contributed by atoms with Crippen molar-refractivity contribution in [2.24, 2.45) is 5.92 Å². The van der Waals surface area contributed by atoms with Gasteiger partial charge in [-0.2, -0.15) is 0 Å². The molecule has 1 aromatic carbocycles. The van der Waals surface area contributed by atoms with E-state index in [9.17, 15) is 4.79 Å². The molecule has 0 aliphatic carbocycles. The number of piperidine rings is 1. The molecule has 0 spiro atoms. The van der Waals surface area contributed by atoms with Crippen molar-refractivity contribution in [2.45, 2.75) is 32.7 Å². The van der Waals surface area contributed by atoms with Crippen LogP contribution in [0.2, 0.25) is 5.02 Å². The van der Waals surface area contributed by atoms with Gasteiger partial charge in [0.25, 0.3) is 0 Å². The third-order valence-electron chi connectivity index (χ3n) is 4.02. The Labute approximate surface area is 138 Å². The number of hydrogen-bond acceptors (Lipinski definition) is 2. The minimum Gasteiger partial charge on any atom is -0.338 e. The standard InChI is InChI=1S/C17H26ClN3O/c1-14-5-3-9-21(13-14)10-4-8-19-17(22)20-12-15-6-2-7-16(18)11-15/h2,6-7,11,14H,3-5,8-10,12-13H2,1H3,(H2,19,20,22). The summed E-state index contributed by atoms with van der Waals surface area (Å²) in [4.78, 5) is 14.2. The number of nitrogens with zero attached hydrogens (tertiary/aromatic N) is 1. The van der Waals surface area contributed by atoms with Crippen molar-refractivity contribution in [1.82, 2.24) is 15.5 Å². The van der Waals surface area contributed by atoms with E-state index in [1.54, 1.807) is 0 Å². The summed E-state index contributed by atoms with van der Waals surface area (Å²) in [5, 5.41) is 6.45. The molecule has 1 unspecified atom stereocenters. The van der Waals surface area contributed by atoms with Crippen LogP contribution in [0, 0.1) is 5.92 Å². The molecule has 1 aliphatic heterocycles. The van der Waals surface area contributed by atoms with Gasteiger partial charge in [0.1, 0.15) is 0 Å². The normalized spacial score (nSPS) is 18.9. The first-order chi connectivity index (χ1) is 10.6. The molecule has 2 rings (SSSR count). The first-order valence-corrected chi connectivity index (χ1v) is 8.50. The maximum atomic E-state index is 11.7. The predicted octanol–water partition coefficient (Wildman–Crippen LogP) is 3.26. The van der Waals surface area contributed by atoms with Crippen molar-refractivity contribution in [3.63, 3.8) is 0 Å². The van der Waals surface area contributed by atoms with Gasteiger partial charge in [0, 0.05) is 24.7 Å². The van der Waals surface area contributed by atoms with Gasteiger partial charge in [0.05, 0.1) is 0 Å². The van der Waals surface area contributed by atoms with E-state index in [1.165, 1.54) is 25.9 Å². The first kappa shape index (κ1) is 17.1. The van der Waals surface area contributed by atoms with E-state index in [4.69, 9.17) is 11.6 Å². The number of urea groups is 1. The minimum absolute atomic E-state index is 0.119. The molecular formula is C17H26ClN3O. The van der Waals surface area contributed by atoms with E-state index < -0.39 is 0 Å². The second-order valence-electron chi connectivity index (χ2n) is 6.14. The van der Waals surface area contributed by atoms with Crippen LogP contribution in [0.5, 0.6) is 0 Å². The quantitative estimate of drug-likeness (QED) is 0.789. The zero-order chi connectivity index (χ0) is 15.8. The van der Waals surface area contributed by atoms with Crippen LogP contribution in [0.15, 0.2) is 24.3 Å². The molecule has 1 aliphatic rings. The zero-order valence-corrected chi connectivity index (χ0v) is 14.0. The van der Waals surface area contributed by atoms with Gasteiger partial charge in [-0.15, -0.1) is 0 Å². The van der Waals surface area contributed by atoms with Crippen molar-refractivity contribution in [1.29, 1.82) is 0 Å². The van der Waals surface area contributed by atoms with Crippen LogP contribution in [0.3, 0.4) is 0 Å². The van der Waals surface area contributed by atoms with Gasteiger partial charge in [-0.05, 0) is 56.0 Å². The molecule has 1 aromatic rings. The van der Waals surface area contributed by atoms with Gasteiger partial charge in [0.15, 0.2) is 0 Å². The molecule has 1 saturated heterocycles. The van der Waals surface area contributed by atoms with E-state index in [2.05, 4.69) is 22.5 Å². The Kier molecular flexibility index (Phi) is 7.00. The number of nitrogens with one attached hydrogen (secondary N) is 2. The lowest BCUT2D eigenvalue weighted by atomic mass is 10.0. The van der Waals surface area contributed by atoms with Crippen LogP contribution >= 0.6 is 11.6 Å². The third-order valence-corrected chi connectivity index (χ3v) is 4.26. The predicted molar refractivity (Wildman–Crippen MR) is 91.1 cm³/mol. The highest BCUT2D eigenvalue weighted by molar-refractivity contribution is 6.30. The molecule has 1 atom stereocenters. The van der Waals surface area contributed by atoms with Crippen molar-refractivity contribution in [3.8, 4) is 0 Å². The van der Waals surface area contributed by atoms with Gasteiger partial charge in [0.2, 0.25) is 0 Å². The van der Waals surface area contributed by atoms with Gasteiger partial charge < -0.3 is 15.5 Å². The maximum Gasteiger partial charge on any atom is 0.315 e. The number of carbonyl (C=O) groups is 1. The van der Waals surface area contributed by atoms with Crippen LogP contribution in [0.1, 0.15) is 31.7 Å². The SMILES string of the molecule is CC1CCCN(CCCNC(=O)NCc2cccc(Cl)c2)C1. The number of halogens is 1. The molecule has 4 nitrogen and oxygen atoms in total. The van der Waals surface area contributed by atoms with Gasteiger partial charge in [-0.3, -0.25) is 0 Å². The summed E-state index contributed by atoms with van der Waals surface area (Å²) in [6.45, 7) is 6.99. The molecule has 1 heterocycles. The highest BCUT2D eigenvalue weighted by Gasteiger charge is 2.15. The van der Waals surface area contributed by atoms with Gasteiger partial charge in [-0.25, -0.2) is 4.79 Å². The summed E-state index contributed by atoms with van der Waals surface area (Å²) in [5.74, 6) is 0.808. The van der Waals surface area contributed by atoms with Crippen molar-refractivity contribution in [2.75, 3.05) is 26.2 Å². The van der Waals surface area contributed by atoms with E-state index in [1.807, 2.05) is 24.3 Å². The van der Waals surface area contributed by atoms with Crippen LogP contribution < -0.4 is 10.6 Å². The zero-order valence-electron chi connectivity index (χ0n) is 13.3. The monoisotopic (exact) mass is 323 g/mol. The largest absolute Gasteiger partial charge is 0.338 e. The number of amides is 2. The molecule has 2 N–H and O–H groups in total. The maximum absolute atomic E-state index is 11.7. The topological polar surface area (TPSA) is 44.4 Å². The third kappa shape index (κ3) is 6.24. The molecule has 22 heavy (non-hydrogen) atoms. The first-order valence-electron chi connectivity index (χ1n) is 8.12.